The minimum atomic E-state index is -0.552. The second-order valence-electron chi connectivity index (χ2n) is 5.13. The maximum Gasteiger partial charge on any atom is 0.412 e. The van der Waals surface area contributed by atoms with Crippen LogP contribution in [0, 0.1) is 0 Å². The molecule has 6 nitrogen and oxygen atoms in total. The Morgan fingerprint density at radius 3 is 2.75 bits per heavy atom. The lowest BCUT2D eigenvalue weighted by atomic mass is 10.2. The third-order valence-electron chi connectivity index (χ3n) is 2.26. The van der Waals surface area contributed by atoms with Crippen molar-refractivity contribution in [3.63, 3.8) is 0 Å². The molecule has 2 aromatic rings. The lowest BCUT2D eigenvalue weighted by Gasteiger charge is -2.20. The summed E-state index contributed by atoms with van der Waals surface area (Å²) in [6.07, 6.45) is 2.47. The molecule has 0 saturated carbocycles. The molecule has 0 spiro atoms. The second-order valence-corrected chi connectivity index (χ2v) is 6.04. The minimum Gasteiger partial charge on any atom is -0.444 e. The van der Waals surface area contributed by atoms with Crippen LogP contribution in [0.4, 0.5) is 10.5 Å². The van der Waals surface area contributed by atoms with E-state index >= 15 is 0 Å². The number of nitrogens with one attached hydrogen (secondary N) is 1. The molecule has 0 aliphatic rings. The Hall–Kier alpha value is -1.89. The first kappa shape index (κ1) is 14.5. The summed E-state index contributed by atoms with van der Waals surface area (Å²) in [5, 5.41) is 6.77. The normalized spacial score (nSPS) is 11.2. The summed E-state index contributed by atoms with van der Waals surface area (Å²) in [6, 6.07) is 5.46. The third-order valence-corrected chi connectivity index (χ3v) is 2.75. The van der Waals surface area contributed by atoms with Crippen molar-refractivity contribution < 1.29 is 9.53 Å². The van der Waals surface area contributed by atoms with Crippen LogP contribution >= 0.6 is 15.9 Å². The van der Waals surface area contributed by atoms with Crippen LogP contribution < -0.4 is 5.32 Å². The predicted molar refractivity (Wildman–Crippen MR) is 78.9 cm³/mol. The van der Waals surface area contributed by atoms with Crippen LogP contribution in [0.5, 0.6) is 0 Å². The number of halogens is 1. The summed E-state index contributed by atoms with van der Waals surface area (Å²) in [7, 11) is 0. The minimum absolute atomic E-state index is 0.517. The number of hydrogen-bond acceptors (Lipinski definition) is 4. The van der Waals surface area contributed by atoms with Crippen molar-refractivity contribution in [1.29, 1.82) is 0 Å². The Morgan fingerprint density at radius 2 is 2.15 bits per heavy atom. The lowest BCUT2D eigenvalue weighted by molar-refractivity contribution is 0.0636. The average Bonchev–Trinajstić information content (AvgIpc) is 2.79. The Bertz CT molecular complexity index is 605. The Balaban J connectivity index is 2.27. The molecule has 0 saturated heterocycles. The van der Waals surface area contributed by atoms with Crippen LogP contribution in [0.15, 0.2) is 35.3 Å². The van der Waals surface area contributed by atoms with Crippen LogP contribution in [-0.4, -0.2) is 26.5 Å². The molecule has 0 aliphatic carbocycles. The quantitative estimate of drug-likeness (QED) is 0.911. The smallest absolute Gasteiger partial charge is 0.412 e. The van der Waals surface area contributed by atoms with Gasteiger partial charge < -0.3 is 4.74 Å². The molecule has 106 valence electrons. The third kappa shape index (κ3) is 3.80. The van der Waals surface area contributed by atoms with E-state index in [1.165, 1.54) is 6.33 Å². The molecule has 0 aliphatic heterocycles. The van der Waals surface area contributed by atoms with Gasteiger partial charge in [-0.25, -0.2) is 14.5 Å². The highest BCUT2D eigenvalue weighted by Gasteiger charge is 2.17. The van der Waals surface area contributed by atoms with Crippen LogP contribution in [0.3, 0.4) is 0 Å². The number of hydrogen-bond donors (Lipinski definition) is 1. The first-order valence-corrected chi connectivity index (χ1v) is 6.79. The zero-order chi connectivity index (χ0) is 14.8. The molecular formula is C13H15BrN4O2. The lowest BCUT2D eigenvalue weighted by Crippen LogP contribution is -2.27. The molecule has 1 aromatic heterocycles. The van der Waals surface area contributed by atoms with E-state index in [2.05, 4.69) is 31.3 Å². The molecule has 0 unspecified atom stereocenters. The molecular weight excluding hydrogens is 324 g/mol. The number of aromatic nitrogens is 3. The van der Waals surface area contributed by atoms with Crippen molar-refractivity contribution in [3.05, 3.63) is 35.3 Å². The van der Waals surface area contributed by atoms with Crippen molar-refractivity contribution in [2.24, 2.45) is 0 Å². The van der Waals surface area contributed by atoms with Gasteiger partial charge in [-0.3, -0.25) is 5.32 Å². The highest BCUT2D eigenvalue weighted by molar-refractivity contribution is 9.10. The Morgan fingerprint density at radius 1 is 1.40 bits per heavy atom. The zero-order valence-corrected chi connectivity index (χ0v) is 13.0. The number of rotatable bonds is 2. The SMILES string of the molecule is CC(C)(C)OC(=O)Nc1cc(Br)ccc1-n1cncn1. The van der Waals surface area contributed by atoms with Gasteiger partial charge in [0.15, 0.2) is 0 Å². The summed E-state index contributed by atoms with van der Waals surface area (Å²) < 4.78 is 7.65. The number of anilines is 1. The first-order valence-electron chi connectivity index (χ1n) is 6.00. The topological polar surface area (TPSA) is 69.0 Å². The molecule has 0 fully saturated rings. The largest absolute Gasteiger partial charge is 0.444 e. The molecule has 0 radical (unpaired) electrons. The van der Waals surface area contributed by atoms with Crippen LogP contribution in [0.1, 0.15) is 20.8 Å². The number of carbonyl (C=O) groups is 1. The number of nitrogens with zero attached hydrogens (tertiary/aromatic N) is 3. The van der Waals surface area contributed by atoms with Gasteiger partial charge in [0, 0.05) is 4.47 Å². The van der Waals surface area contributed by atoms with E-state index in [9.17, 15) is 4.79 Å². The highest BCUT2D eigenvalue weighted by atomic mass is 79.9. The van der Waals surface area contributed by atoms with Crippen LogP contribution in [-0.2, 0) is 4.74 Å². The van der Waals surface area contributed by atoms with Gasteiger partial charge in [0.1, 0.15) is 18.3 Å². The van der Waals surface area contributed by atoms with E-state index in [1.807, 2.05) is 32.9 Å². The van der Waals surface area contributed by atoms with Gasteiger partial charge in [0.25, 0.3) is 0 Å². The van der Waals surface area contributed by atoms with E-state index in [-0.39, 0.29) is 0 Å². The molecule has 1 amide bonds. The maximum absolute atomic E-state index is 11.9. The maximum atomic E-state index is 11.9. The van der Waals surface area contributed by atoms with E-state index in [4.69, 9.17) is 4.74 Å². The Kier molecular flexibility index (Phi) is 4.08. The fraction of sp³-hybridized carbons (Fsp3) is 0.308. The van der Waals surface area contributed by atoms with Gasteiger partial charge in [-0.1, -0.05) is 15.9 Å². The summed E-state index contributed by atoms with van der Waals surface area (Å²) in [5.41, 5.74) is 0.736. The van der Waals surface area contributed by atoms with Crippen LogP contribution in [0.25, 0.3) is 5.69 Å². The van der Waals surface area contributed by atoms with Crippen molar-refractivity contribution in [3.8, 4) is 5.69 Å². The summed E-state index contributed by atoms with van der Waals surface area (Å²) in [4.78, 5) is 15.8. The standard InChI is InChI=1S/C13H15BrN4O2/c1-13(2,3)20-12(19)17-10-6-9(14)4-5-11(10)18-8-15-7-16-18/h4-8H,1-3H3,(H,17,19). The first-order chi connectivity index (χ1) is 9.35. The molecule has 0 atom stereocenters. The van der Waals surface area contributed by atoms with Gasteiger partial charge in [0.05, 0.1) is 11.4 Å². The van der Waals surface area contributed by atoms with Gasteiger partial charge in [-0.05, 0) is 39.0 Å². The molecule has 1 heterocycles. The predicted octanol–water partition coefficient (Wildman–Crippen LogP) is 3.38. The number of carbonyl (C=O) groups excluding carboxylic acids is 1. The number of amides is 1. The summed E-state index contributed by atoms with van der Waals surface area (Å²) >= 11 is 3.37. The fourth-order valence-corrected chi connectivity index (χ4v) is 1.92. The fourth-order valence-electron chi connectivity index (χ4n) is 1.55. The van der Waals surface area contributed by atoms with Gasteiger partial charge in [-0.15, -0.1) is 0 Å². The summed E-state index contributed by atoms with van der Waals surface area (Å²) in [6.45, 7) is 5.43. The van der Waals surface area contributed by atoms with Crippen molar-refractivity contribution >= 4 is 27.7 Å². The van der Waals surface area contributed by atoms with E-state index in [0.717, 1.165) is 4.47 Å². The molecule has 2 rings (SSSR count). The Labute approximate surface area is 125 Å². The molecule has 0 bridgehead atoms. The molecule has 1 aromatic carbocycles. The second kappa shape index (κ2) is 5.62. The number of ether oxygens (including phenoxy) is 1. The average molecular weight is 339 g/mol. The van der Waals surface area contributed by atoms with E-state index < -0.39 is 11.7 Å². The van der Waals surface area contributed by atoms with Gasteiger partial charge in [-0.2, -0.15) is 5.10 Å². The van der Waals surface area contributed by atoms with Crippen LogP contribution in [0.2, 0.25) is 0 Å². The van der Waals surface area contributed by atoms with Gasteiger partial charge in [0.2, 0.25) is 0 Å². The van der Waals surface area contributed by atoms with Crippen molar-refractivity contribution in [1.82, 2.24) is 14.8 Å². The van der Waals surface area contributed by atoms with Crippen molar-refractivity contribution in [2.75, 3.05) is 5.32 Å². The zero-order valence-electron chi connectivity index (χ0n) is 11.4. The van der Waals surface area contributed by atoms with Gasteiger partial charge >= 0.3 is 6.09 Å². The number of benzene rings is 1. The van der Waals surface area contributed by atoms with Crippen molar-refractivity contribution in [2.45, 2.75) is 26.4 Å². The molecule has 7 heteroatoms. The highest BCUT2D eigenvalue weighted by Crippen LogP contribution is 2.24. The van der Waals surface area contributed by atoms with E-state index in [0.29, 0.717) is 11.4 Å². The van der Waals surface area contributed by atoms with E-state index in [1.54, 1.807) is 17.1 Å². The molecule has 1 N–H and O–H groups in total. The summed E-state index contributed by atoms with van der Waals surface area (Å²) in [5.74, 6) is 0. The molecule has 20 heavy (non-hydrogen) atoms. The monoisotopic (exact) mass is 338 g/mol.